The van der Waals surface area contributed by atoms with Gasteiger partial charge in [0.2, 0.25) is 0 Å². The summed E-state index contributed by atoms with van der Waals surface area (Å²) in [5.41, 5.74) is 10.9. The molecule has 2 aromatic carbocycles. The highest BCUT2D eigenvalue weighted by Gasteiger charge is 2.70. The van der Waals surface area contributed by atoms with Crippen molar-refractivity contribution in [3.63, 3.8) is 0 Å². The maximum atomic E-state index is 15.2. The standard InChI is InChI=1S/C58H76N4O8/c1-35(2)15-14-24-56(9)25-23-43-52(69-56)42(19-18-36(3)4)54-47(53(43)68-34-33-61-31-29-60(10)30-32-61)50-48(39(8)46-49(62(50)28-27-59)40-16-12-13-17-41(40)51(46)64)58(70-54)44(37(5)6)20-21-45(63)57(58,66)26-22-38(7)55(65)67-11/h12-13,15-18,22-23,25,37,39,44,66H,14,19-21,24,26-34,59H2,1-11H3/b38-22-. The van der Waals surface area contributed by atoms with Gasteiger partial charge in [-0.05, 0) is 92.3 Å². The van der Waals surface area contributed by atoms with Gasteiger partial charge in [0.1, 0.15) is 29.5 Å². The van der Waals surface area contributed by atoms with Crippen LogP contribution in [0.1, 0.15) is 127 Å². The molecule has 0 aromatic heterocycles. The number of allylic oxidation sites excluding steroid dienone is 5. The number of rotatable bonds is 15. The normalized spacial score (nSPS) is 26.3. The first-order chi connectivity index (χ1) is 33.3. The molecule has 70 heavy (non-hydrogen) atoms. The Kier molecular flexibility index (Phi) is 14.7. The Labute approximate surface area is 415 Å². The summed E-state index contributed by atoms with van der Waals surface area (Å²) >= 11 is 0. The van der Waals surface area contributed by atoms with Crippen LogP contribution < -0.4 is 19.9 Å². The number of carbonyl (C=O) groups is 3. The second-order valence-corrected chi connectivity index (χ2v) is 21.5. The van der Waals surface area contributed by atoms with E-state index in [1.165, 1.54) is 12.7 Å². The quantitative estimate of drug-likeness (QED) is 0.1000. The summed E-state index contributed by atoms with van der Waals surface area (Å²) in [4.78, 5) is 50.3. The molecule has 0 bridgehead atoms. The van der Waals surface area contributed by atoms with Crippen molar-refractivity contribution in [3.8, 4) is 17.2 Å². The SMILES string of the molecule is COC(=O)/C(C)=C\CC1(O)C(=O)CCC(C(C)C)C12Oc1c(CC=C(C)C)c3c(c(OCCN4CCN(C)CC4)c1C1=C2C(C)C2=C(c4ccccc4C2=O)N1CCN)C=CC(C)(CCC=C(C)C)O3. The minimum atomic E-state index is -2.23. The van der Waals surface area contributed by atoms with E-state index >= 15 is 9.59 Å². The van der Waals surface area contributed by atoms with Gasteiger partial charge in [-0.1, -0.05) is 74.4 Å². The van der Waals surface area contributed by atoms with Crippen molar-refractivity contribution in [1.82, 2.24) is 14.7 Å². The third-order valence-corrected chi connectivity index (χ3v) is 15.7. The van der Waals surface area contributed by atoms with E-state index in [4.69, 9.17) is 24.7 Å². The molecule has 2 aromatic rings. The number of hydrogen-bond donors (Lipinski definition) is 2. The van der Waals surface area contributed by atoms with Crippen molar-refractivity contribution in [2.45, 2.75) is 118 Å². The Balaban J connectivity index is 1.50. The van der Waals surface area contributed by atoms with Crippen LogP contribution in [0.15, 0.2) is 76.4 Å². The van der Waals surface area contributed by atoms with E-state index in [1.54, 1.807) is 13.0 Å². The van der Waals surface area contributed by atoms with E-state index in [1.807, 2.05) is 31.2 Å². The van der Waals surface area contributed by atoms with Crippen LogP contribution in [0.3, 0.4) is 0 Å². The van der Waals surface area contributed by atoms with E-state index in [0.29, 0.717) is 78.5 Å². The summed E-state index contributed by atoms with van der Waals surface area (Å²) in [7, 11) is 3.47. The summed E-state index contributed by atoms with van der Waals surface area (Å²) < 4.78 is 27.8. The molecule has 0 amide bonds. The van der Waals surface area contributed by atoms with Crippen molar-refractivity contribution in [2.24, 2.45) is 23.5 Å². The van der Waals surface area contributed by atoms with Gasteiger partial charge in [-0.25, -0.2) is 4.79 Å². The lowest BCUT2D eigenvalue weighted by atomic mass is 9.53. The molecule has 4 aliphatic heterocycles. The average Bonchev–Trinajstić information content (AvgIpc) is 3.62. The number of nitrogens with two attached hydrogens (primary N) is 1. The molecular formula is C58H76N4O8. The topological polar surface area (TPSA) is 144 Å². The number of ketones is 2. The molecule has 6 aliphatic rings. The van der Waals surface area contributed by atoms with Gasteiger partial charge in [0.05, 0.1) is 29.6 Å². The predicted molar refractivity (Wildman–Crippen MR) is 277 cm³/mol. The molecule has 1 spiro atoms. The number of piperazine rings is 1. The van der Waals surface area contributed by atoms with Crippen LogP contribution in [-0.2, 0) is 20.7 Å². The fourth-order valence-corrected chi connectivity index (χ4v) is 12.0. The summed E-state index contributed by atoms with van der Waals surface area (Å²) in [6.45, 7) is 23.7. The van der Waals surface area contributed by atoms with Gasteiger partial charge in [0.15, 0.2) is 22.8 Å². The first-order valence-corrected chi connectivity index (χ1v) is 25.5. The van der Waals surface area contributed by atoms with Gasteiger partial charge < -0.3 is 39.6 Å². The van der Waals surface area contributed by atoms with Crippen molar-refractivity contribution < 1.29 is 38.4 Å². The van der Waals surface area contributed by atoms with Crippen LogP contribution >= 0.6 is 0 Å². The number of hydrogen-bond acceptors (Lipinski definition) is 12. The Hall–Kier alpha value is -5.27. The summed E-state index contributed by atoms with van der Waals surface area (Å²) in [6.07, 6.45) is 12.5. The molecule has 8 rings (SSSR count). The van der Waals surface area contributed by atoms with Crippen LogP contribution in [0.2, 0.25) is 0 Å². The Morgan fingerprint density at radius 3 is 2.31 bits per heavy atom. The van der Waals surface area contributed by atoms with Gasteiger partial charge >= 0.3 is 5.97 Å². The first kappa shape index (κ1) is 51.1. The molecule has 1 saturated carbocycles. The summed E-state index contributed by atoms with van der Waals surface area (Å²) in [5.74, 6) is -0.622. The highest BCUT2D eigenvalue weighted by molar-refractivity contribution is 6.22. The van der Waals surface area contributed by atoms with Gasteiger partial charge in [0, 0.05) is 104 Å². The fourth-order valence-electron chi connectivity index (χ4n) is 12.0. The van der Waals surface area contributed by atoms with E-state index in [2.05, 4.69) is 94.5 Å². The van der Waals surface area contributed by atoms with Gasteiger partial charge in [-0.15, -0.1) is 0 Å². The highest BCUT2D eigenvalue weighted by atomic mass is 16.5. The number of carbonyl (C=O) groups excluding carboxylic acids is 3. The number of benzene rings is 2. The lowest BCUT2D eigenvalue weighted by molar-refractivity contribution is -0.187. The van der Waals surface area contributed by atoms with E-state index in [9.17, 15) is 9.90 Å². The lowest BCUT2D eigenvalue weighted by Crippen LogP contribution is -2.72. The van der Waals surface area contributed by atoms with Crippen molar-refractivity contribution in [1.29, 1.82) is 0 Å². The number of nitrogens with zero attached hydrogens (tertiary/aromatic N) is 3. The van der Waals surface area contributed by atoms with Crippen LogP contribution in [0.4, 0.5) is 0 Å². The van der Waals surface area contributed by atoms with E-state index in [-0.39, 0.29) is 36.7 Å². The predicted octanol–water partition coefficient (Wildman–Crippen LogP) is 8.97. The maximum Gasteiger partial charge on any atom is 0.333 e. The zero-order valence-corrected chi connectivity index (χ0v) is 43.6. The number of methoxy groups -OCH3 is 1. The molecule has 12 heteroatoms. The van der Waals surface area contributed by atoms with E-state index in [0.717, 1.165) is 66.3 Å². The number of esters is 1. The smallest absolute Gasteiger partial charge is 0.333 e. The third kappa shape index (κ3) is 8.81. The first-order valence-electron chi connectivity index (χ1n) is 25.5. The average molecular weight is 957 g/mol. The second kappa shape index (κ2) is 20.1. The Morgan fingerprint density at radius 2 is 1.66 bits per heavy atom. The number of ether oxygens (including phenoxy) is 4. The molecule has 2 fully saturated rings. The lowest BCUT2D eigenvalue weighted by Gasteiger charge is -2.60. The number of likely N-dealkylation sites (N-methyl/N-ethyl adjacent to an activating group) is 1. The van der Waals surface area contributed by atoms with Crippen molar-refractivity contribution in [2.75, 3.05) is 66.6 Å². The van der Waals surface area contributed by atoms with Crippen LogP contribution in [0.5, 0.6) is 17.2 Å². The van der Waals surface area contributed by atoms with Gasteiger partial charge in [-0.3, -0.25) is 14.5 Å². The molecule has 3 N–H and O–H groups in total. The van der Waals surface area contributed by atoms with Crippen LogP contribution in [-0.4, -0.2) is 121 Å². The number of fused-ring (bicyclic) bond motifs is 6. The minimum Gasteiger partial charge on any atom is -0.491 e. The largest absolute Gasteiger partial charge is 0.491 e. The maximum absolute atomic E-state index is 15.2. The van der Waals surface area contributed by atoms with Gasteiger partial charge in [-0.2, -0.15) is 0 Å². The molecule has 5 unspecified atom stereocenters. The third-order valence-electron chi connectivity index (χ3n) is 15.7. The summed E-state index contributed by atoms with van der Waals surface area (Å²) in [5, 5.41) is 14.0. The monoisotopic (exact) mass is 957 g/mol. The molecular weight excluding hydrogens is 881 g/mol. The molecule has 376 valence electrons. The number of aliphatic hydroxyl groups is 1. The minimum absolute atomic E-state index is 0.0949. The number of Topliss-reactive ketones (excluding diaryl/α,β-unsaturated/α-hetero) is 2. The molecule has 0 radical (unpaired) electrons. The second-order valence-electron chi connectivity index (χ2n) is 21.5. The highest BCUT2D eigenvalue weighted by Crippen LogP contribution is 2.66. The zero-order valence-electron chi connectivity index (χ0n) is 43.6. The van der Waals surface area contributed by atoms with Crippen LogP contribution in [0.25, 0.3) is 17.5 Å². The fraction of sp³-hybridized carbons (Fsp3) is 0.534. The Bertz CT molecular complexity index is 2620. The molecule has 12 nitrogen and oxygen atoms in total. The van der Waals surface area contributed by atoms with Gasteiger partial charge in [0.25, 0.3) is 0 Å². The Morgan fingerprint density at radius 1 is 0.957 bits per heavy atom. The van der Waals surface area contributed by atoms with Crippen molar-refractivity contribution >= 4 is 35.0 Å². The molecule has 2 aliphatic carbocycles. The van der Waals surface area contributed by atoms with E-state index < -0.39 is 40.4 Å². The molecule has 4 heterocycles. The zero-order chi connectivity index (χ0) is 50.4. The molecule has 1 saturated heterocycles. The van der Waals surface area contributed by atoms with Crippen LogP contribution in [0, 0.1) is 17.8 Å². The molecule has 5 atom stereocenters. The van der Waals surface area contributed by atoms with Crippen molar-refractivity contribution in [3.05, 3.63) is 104 Å². The summed E-state index contributed by atoms with van der Waals surface area (Å²) in [6, 6.07) is 7.71.